The number of carboxylic acid groups (broad SMARTS) is 1. The van der Waals surface area contributed by atoms with E-state index in [-0.39, 0.29) is 18.1 Å². The molecule has 0 saturated carbocycles. The molecule has 0 aromatic carbocycles. The lowest BCUT2D eigenvalue weighted by molar-refractivity contribution is -0.145. The third kappa shape index (κ3) is 2.42. The number of carbonyl (C=O) groups excluding carboxylic acids is 1. The summed E-state index contributed by atoms with van der Waals surface area (Å²) < 4.78 is 0. The molecule has 0 fully saturated rings. The molecule has 0 aliphatic carbocycles. The standard InChI is InChI=1S/C12H14N2O4/c1-7(12(17)18)2-11(16)14-5-8-3-9(15)4-13-10(8)6-14/h3-4,7,15H,2,5-6H2,1H3,(H,17,18)/t7-/m0/s1. The molecule has 1 aliphatic heterocycles. The number of hydrogen-bond acceptors (Lipinski definition) is 4. The summed E-state index contributed by atoms with van der Waals surface area (Å²) >= 11 is 0. The molecule has 2 heterocycles. The van der Waals surface area contributed by atoms with E-state index in [0.717, 1.165) is 11.3 Å². The number of carbonyl (C=O) groups is 2. The predicted molar refractivity (Wildman–Crippen MR) is 61.6 cm³/mol. The maximum absolute atomic E-state index is 11.9. The van der Waals surface area contributed by atoms with Crippen molar-refractivity contribution in [3.8, 4) is 5.75 Å². The molecule has 0 radical (unpaired) electrons. The Labute approximate surface area is 104 Å². The van der Waals surface area contributed by atoms with E-state index in [4.69, 9.17) is 5.11 Å². The van der Waals surface area contributed by atoms with Crippen LogP contribution in [-0.4, -0.2) is 32.0 Å². The summed E-state index contributed by atoms with van der Waals surface area (Å²) in [5, 5.41) is 18.1. The fourth-order valence-electron chi connectivity index (χ4n) is 1.90. The molecule has 6 heteroatoms. The zero-order valence-electron chi connectivity index (χ0n) is 9.96. The number of aromatic hydroxyl groups is 1. The second-order valence-electron chi connectivity index (χ2n) is 4.49. The highest BCUT2D eigenvalue weighted by molar-refractivity contribution is 5.82. The van der Waals surface area contributed by atoms with Crippen LogP contribution < -0.4 is 0 Å². The maximum atomic E-state index is 11.9. The third-order valence-electron chi connectivity index (χ3n) is 3.00. The van der Waals surface area contributed by atoms with E-state index in [2.05, 4.69) is 4.98 Å². The van der Waals surface area contributed by atoms with Gasteiger partial charge >= 0.3 is 5.97 Å². The van der Waals surface area contributed by atoms with E-state index in [1.165, 1.54) is 13.1 Å². The Morgan fingerprint density at radius 2 is 2.22 bits per heavy atom. The first kappa shape index (κ1) is 12.3. The van der Waals surface area contributed by atoms with E-state index in [1.54, 1.807) is 11.0 Å². The molecule has 1 aromatic rings. The minimum Gasteiger partial charge on any atom is -0.506 e. The molecule has 0 unspecified atom stereocenters. The Bertz CT molecular complexity index is 501. The van der Waals surface area contributed by atoms with Crippen LogP contribution in [0.25, 0.3) is 0 Å². The Morgan fingerprint density at radius 1 is 1.50 bits per heavy atom. The first-order valence-corrected chi connectivity index (χ1v) is 5.64. The molecular weight excluding hydrogens is 236 g/mol. The van der Waals surface area contributed by atoms with Gasteiger partial charge in [0.15, 0.2) is 0 Å². The van der Waals surface area contributed by atoms with Crippen molar-refractivity contribution in [1.29, 1.82) is 0 Å². The fourth-order valence-corrected chi connectivity index (χ4v) is 1.90. The number of fused-ring (bicyclic) bond motifs is 1. The van der Waals surface area contributed by atoms with E-state index in [1.807, 2.05) is 0 Å². The van der Waals surface area contributed by atoms with Gasteiger partial charge in [-0.25, -0.2) is 0 Å². The molecular formula is C12H14N2O4. The maximum Gasteiger partial charge on any atom is 0.306 e. The number of aliphatic carboxylic acids is 1. The summed E-state index contributed by atoms with van der Waals surface area (Å²) in [5.74, 6) is -1.80. The van der Waals surface area contributed by atoms with Gasteiger partial charge in [0, 0.05) is 13.0 Å². The van der Waals surface area contributed by atoms with Crippen LogP contribution in [0.3, 0.4) is 0 Å². The smallest absolute Gasteiger partial charge is 0.306 e. The summed E-state index contributed by atoms with van der Waals surface area (Å²) in [5.41, 5.74) is 1.57. The van der Waals surface area contributed by atoms with Crippen LogP contribution >= 0.6 is 0 Å². The molecule has 18 heavy (non-hydrogen) atoms. The van der Waals surface area contributed by atoms with E-state index < -0.39 is 11.9 Å². The van der Waals surface area contributed by atoms with Crippen molar-refractivity contribution in [2.75, 3.05) is 0 Å². The summed E-state index contributed by atoms with van der Waals surface area (Å²) in [4.78, 5) is 28.2. The van der Waals surface area contributed by atoms with Gasteiger partial charge in [0.25, 0.3) is 0 Å². The van der Waals surface area contributed by atoms with Gasteiger partial charge in [-0.15, -0.1) is 0 Å². The minimum atomic E-state index is -0.976. The highest BCUT2D eigenvalue weighted by atomic mass is 16.4. The summed E-state index contributed by atoms with van der Waals surface area (Å²) in [6.45, 7) is 2.26. The minimum absolute atomic E-state index is 0.0185. The molecule has 1 amide bonds. The number of aromatic nitrogens is 1. The van der Waals surface area contributed by atoms with Crippen molar-refractivity contribution in [2.24, 2.45) is 5.92 Å². The lowest BCUT2D eigenvalue weighted by Gasteiger charge is -2.16. The molecule has 2 rings (SSSR count). The largest absolute Gasteiger partial charge is 0.506 e. The molecule has 0 bridgehead atoms. The van der Waals surface area contributed by atoms with Gasteiger partial charge < -0.3 is 15.1 Å². The van der Waals surface area contributed by atoms with Crippen molar-refractivity contribution in [3.63, 3.8) is 0 Å². The number of amides is 1. The highest BCUT2D eigenvalue weighted by Gasteiger charge is 2.27. The molecule has 96 valence electrons. The third-order valence-corrected chi connectivity index (χ3v) is 3.00. The van der Waals surface area contributed by atoms with Gasteiger partial charge in [-0.2, -0.15) is 0 Å². The van der Waals surface area contributed by atoms with Gasteiger partial charge in [-0.05, 0) is 11.6 Å². The zero-order chi connectivity index (χ0) is 13.3. The second-order valence-corrected chi connectivity index (χ2v) is 4.49. The normalized spacial score (nSPS) is 15.3. The Balaban J connectivity index is 2.02. The fraction of sp³-hybridized carbons (Fsp3) is 0.417. The van der Waals surface area contributed by atoms with Crippen LogP contribution in [0.4, 0.5) is 0 Å². The quantitative estimate of drug-likeness (QED) is 0.825. The predicted octanol–water partition coefficient (Wildman–Crippen LogP) is 0.740. The van der Waals surface area contributed by atoms with Gasteiger partial charge in [0.1, 0.15) is 5.75 Å². The van der Waals surface area contributed by atoms with E-state index in [0.29, 0.717) is 13.1 Å². The van der Waals surface area contributed by atoms with Crippen LogP contribution in [-0.2, 0) is 22.7 Å². The molecule has 1 aliphatic rings. The molecule has 1 atom stereocenters. The van der Waals surface area contributed by atoms with Crippen LogP contribution in [0.5, 0.6) is 5.75 Å². The molecule has 0 saturated heterocycles. The zero-order valence-corrected chi connectivity index (χ0v) is 9.96. The van der Waals surface area contributed by atoms with E-state index in [9.17, 15) is 14.7 Å². The van der Waals surface area contributed by atoms with Crippen LogP contribution in [0.15, 0.2) is 12.3 Å². The second kappa shape index (κ2) is 4.64. The molecule has 1 aromatic heterocycles. The topological polar surface area (TPSA) is 90.7 Å². The van der Waals surface area contributed by atoms with Crippen molar-refractivity contribution < 1.29 is 19.8 Å². The summed E-state index contributed by atoms with van der Waals surface area (Å²) in [7, 11) is 0. The van der Waals surface area contributed by atoms with Gasteiger partial charge in [-0.1, -0.05) is 6.92 Å². The van der Waals surface area contributed by atoms with Gasteiger partial charge in [0.05, 0.1) is 24.4 Å². The average Bonchev–Trinajstić information content (AvgIpc) is 2.71. The number of nitrogens with zero attached hydrogens (tertiary/aromatic N) is 2. The Hall–Kier alpha value is -2.11. The van der Waals surface area contributed by atoms with Crippen molar-refractivity contribution in [2.45, 2.75) is 26.4 Å². The number of pyridine rings is 1. The SMILES string of the molecule is C[C@@H](CC(=O)N1Cc2cc(O)cnc2C1)C(=O)O. The summed E-state index contributed by atoms with van der Waals surface area (Å²) in [6, 6.07) is 1.58. The molecule has 2 N–H and O–H groups in total. The molecule has 0 spiro atoms. The first-order valence-electron chi connectivity index (χ1n) is 5.64. The van der Waals surface area contributed by atoms with Gasteiger partial charge in [-0.3, -0.25) is 14.6 Å². The number of hydrogen-bond donors (Lipinski definition) is 2. The Morgan fingerprint density at radius 3 is 2.89 bits per heavy atom. The monoisotopic (exact) mass is 250 g/mol. The number of carboxylic acids is 1. The molecule has 6 nitrogen and oxygen atoms in total. The Kier molecular flexibility index (Phi) is 3.18. The lowest BCUT2D eigenvalue weighted by atomic mass is 10.1. The lowest BCUT2D eigenvalue weighted by Crippen LogP contribution is -2.28. The first-order chi connectivity index (χ1) is 8.47. The van der Waals surface area contributed by atoms with Crippen LogP contribution in [0.1, 0.15) is 24.6 Å². The van der Waals surface area contributed by atoms with Crippen LogP contribution in [0.2, 0.25) is 0 Å². The van der Waals surface area contributed by atoms with Crippen molar-refractivity contribution >= 4 is 11.9 Å². The summed E-state index contributed by atoms with van der Waals surface area (Å²) in [6.07, 6.45) is 1.32. The average molecular weight is 250 g/mol. The highest BCUT2D eigenvalue weighted by Crippen LogP contribution is 2.24. The van der Waals surface area contributed by atoms with Crippen molar-refractivity contribution in [1.82, 2.24) is 9.88 Å². The van der Waals surface area contributed by atoms with Gasteiger partial charge in [0.2, 0.25) is 5.91 Å². The van der Waals surface area contributed by atoms with Crippen molar-refractivity contribution in [3.05, 3.63) is 23.5 Å². The number of rotatable bonds is 3. The van der Waals surface area contributed by atoms with Crippen LogP contribution in [0, 0.1) is 5.92 Å². The van der Waals surface area contributed by atoms with E-state index >= 15 is 0 Å².